The van der Waals surface area contributed by atoms with Gasteiger partial charge in [-0.05, 0) is 12.1 Å². The maximum absolute atomic E-state index is 12.6. The standard InChI is InChI=1S/C20H25F2N5O2.HI/c1-23-20(25-13-15-5-2-3-7-17(15)29-19(21)22)26-14-16-6-4-8-24-18(16)27-9-11-28-12-10-27;/h2-8,19H,9-14H2,1H3,(H2,23,25,26);1H. The lowest BCUT2D eigenvalue weighted by atomic mass is 10.2. The summed E-state index contributed by atoms with van der Waals surface area (Å²) in [5.41, 5.74) is 1.66. The number of hydrogen-bond acceptors (Lipinski definition) is 5. The molecule has 1 aliphatic rings. The van der Waals surface area contributed by atoms with Gasteiger partial charge in [0.15, 0.2) is 5.96 Å². The van der Waals surface area contributed by atoms with E-state index in [1.54, 1.807) is 31.4 Å². The van der Waals surface area contributed by atoms with Crippen molar-refractivity contribution in [3.63, 3.8) is 0 Å². The maximum Gasteiger partial charge on any atom is 0.387 e. The van der Waals surface area contributed by atoms with Crippen LogP contribution in [0.5, 0.6) is 5.75 Å². The quantitative estimate of drug-likeness (QED) is 0.324. The second-order valence-electron chi connectivity index (χ2n) is 6.35. The van der Waals surface area contributed by atoms with Crippen molar-refractivity contribution in [1.29, 1.82) is 0 Å². The zero-order valence-corrected chi connectivity index (χ0v) is 19.0. The van der Waals surface area contributed by atoms with Crippen LogP contribution in [-0.2, 0) is 17.8 Å². The predicted molar refractivity (Wildman–Crippen MR) is 123 cm³/mol. The normalized spacial score (nSPS) is 14.3. The number of morpholine rings is 1. The third-order valence-electron chi connectivity index (χ3n) is 4.48. The molecule has 0 unspecified atom stereocenters. The first-order valence-corrected chi connectivity index (χ1v) is 9.41. The molecule has 0 aliphatic carbocycles. The van der Waals surface area contributed by atoms with Gasteiger partial charge in [-0.25, -0.2) is 4.98 Å². The van der Waals surface area contributed by atoms with Crippen LogP contribution in [0.4, 0.5) is 14.6 Å². The van der Waals surface area contributed by atoms with Gasteiger partial charge in [-0.3, -0.25) is 4.99 Å². The SMILES string of the molecule is CN=C(NCc1ccccc1OC(F)F)NCc1cccnc1N1CCOCC1.I. The molecular formula is C20H26F2IN5O2. The molecule has 10 heteroatoms. The molecule has 1 fully saturated rings. The molecule has 7 nitrogen and oxygen atoms in total. The highest BCUT2D eigenvalue weighted by Gasteiger charge is 2.16. The van der Waals surface area contributed by atoms with Crippen molar-refractivity contribution >= 4 is 35.8 Å². The lowest BCUT2D eigenvalue weighted by Gasteiger charge is -2.29. The molecular weight excluding hydrogens is 507 g/mol. The van der Waals surface area contributed by atoms with Gasteiger partial charge in [0.25, 0.3) is 0 Å². The van der Waals surface area contributed by atoms with Gasteiger partial charge in [-0.15, -0.1) is 24.0 Å². The molecule has 1 saturated heterocycles. The Balaban J connectivity index is 0.00000320. The van der Waals surface area contributed by atoms with E-state index >= 15 is 0 Å². The summed E-state index contributed by atoms with van der Waals surface area (Å²) in [5, 5.41) is 6.38. The fraction of sp³-hybridized carbons (Fsp3) is 0.400. The first-order valence-electron chi connectivity index (χ1n) is 9.41. The van der Waals surface area contributed by atoms with Gasteiger partial charge in [-0.1, -0.05) is 24.3 Å². The summed E-state index contributed by atoms with van der Waals surface area (Å²) in [5.74, 6) is 1.62. The van der Waals surface area contributed by atoms with Gasteiger partial charge in [-0.2, -0.15) is 8.78 Å². The minimum absolute atomic E-state index is 0. The smallest absolute Gasteiger partial charge is 0.387 e. The Morgan fingerprint density at radius 2 is 1.80 bits per heavy atom. The summed E-state index contributed by atoms with van der Waals surface area (Å²) < 4.78 is 35.1. The number of pyridine rings is 1. The van der Waals surface area contributed by atoms with E-state index in [4.69, 9.17) is 4.74 Å². The Kier molecular flexibility index (Phi) is 10.0. The van der Waals surface area contributed by atoms with Gasteiger partial charge in [0.1, 0.15) is 11.6 Å². The Morgan fingerprint density at radius 3 is 2.50 bits per heavy atom. The van der Waals surface area contributed by atoms with Crippen molar-refractivity contribution in [3.05, 3.63) is 53.7 Å². The number of guanidine groups is 1. The number of hydrogen-bond donors (Lipinski definition) is 2. The highest BCUT2D eigenvalue weighted by Crippen LogP contribution is 2.20. The molecule has 2 heterocycles. The Labute approximate surface area is 191 Å². The fourth-order valence-electron chi connectivity index (χ4n) is 3.07. The van der Waals surface area contributed by atoms with E-state index in [2.05, 4.69) is 30.2 Å². The van der Waals surface area contributed by atoms with Crippen molar-refractivity contribution in [2.24, 2.45) is 4.99 Å². The Bertz CT molecular complexity index is 819. The minimum atomic E-state index is -2.86. The van der Waals surface area contributed by atoms with E-state index in [1.807, 2.05) is 12.1 Å². The lowest BCUT2D eigenvalue weighted by molar-refractivity contribution is -0.0504. The highest BCUT2D eigenvalue weighted by molar-refractivity contribution is 14.0. The number of nitrogens with one attached hydrogen (secondary N) is 2. The molecule has 2 N–H and O–H groups in total. The fourth-order valence-corrected chi connectivity index (χ4v) is 3.07. The van der Waals surface area contributed by atoms with Crippen LogP contribution in [0.3, 0.4) is 0 Å². The number of anilines is 1. The average Bonchev–Trinajstić information content (AvgIpc) is 2.75. The number of ether oxygens (including phenoxy) is 2. The number of alkyl halides is 2. The van der Waals surface area contributed by atoms with Gasteiger partial charge >= 0.3 is 6.61 Å². The summed E-state index contributed by atoms with van der Waals surface area (Å²) >= 11 is 0. The second kappa shape index (κ2) is 12.5. The molecule has 1 aromatic carbocycles. The second-order valence-corrected chi connectivity index (χ2v) is 6.35. The van der Waals surface area contributed by atoms with Crippen LogP contribution < -0.4 is 20.3 Å². The predicted octanol–water partition coefficient (Wildman–Crippen LogP) is 3.00. The minimum Gasteiger partial charge on any atom is -0.434 e. The van der Waals surface area contributed by atoms with Crippen LogP contribution >= 0.6 is 24.0 Å². The molecule has 0 amide bonds. The summed E-state index contributed by atoms with van der Waals surface area (Å²) in [6.07, 6.45) is 1.78. The number of benzene rings is 1. The first-order chi connectivity index (χ1) is 14.2. The van der Waals surface area contributed by atoms with Crippen LogP contribution in [0.15, 0.2) is 47.6 Å². The largest absolute Gasteiger partial charge is 0.434 e. The van der Waals surface area contributed by atoms with Crippen molar-refractivity contribution < 1.29 is 18.3 Å². The molecule has 0 atom stereocenters. The van der Waals surface area contributed by atoms with Crippen LogP contribution in [-0.4, -0.2) is 50.9 Å². The summed E-state index contributed by atoms with van der Waals surface area (Å²) in [6, 6.07) is 10.6. The summed E-state index contributed by atoms with van der Waals surface area (Å²) in [7, 11) is 1.66. The summed E-state index contributed by atoms with van der Waals surface area (Å²) in [4.78, 5) is 10.9. The van der Waals surface area contributed by atoms with Gasteiger partial charge in [0.05, 0.1) is 13.2 Å². The number of aliphatic imine (C=N–C) groups is 1. The number of para-hydroxylation sites is 1. The van der Waals surface area contributed by atoms with E-state index in [-0.39, 0.29) is 29.7 Å². The van der Waals surface area contributed by atoms with Crippen LogP contribution in [0.2, 0.25) is 0 Å². The van der Waals surface area contributed by atoms with E-state index in [0.29, 0.717) is 37.8 Å². The van der Waals surface area contributed by atoms with E-state index in [9.17, 15) is 8.78 Å². The average molecular weight is 533 g/mol. The molecule has 0 radical (unpaired) electrons. The van der Waals surface area contributed by atoms with Crippen LogP contribution in [0.25, 0.3) is 0 Å². The van der Waals surface area contributed by atoms with Crippen molar-refractivity contribution in [3.8, 4) is 5.75 Å². The van der Waals surface area contributed by atoms with Crippen molar-refractivity contribution in [2.45, 2.75) is 19.7 Å². The van der Waals surface area contributed by atoms with Crippen molar-refractivity contribution in [2.75, 3.05) is 38.3 Å². The molecule has 3 rings (SSSR count). The van der Waals surface area contributed by atoms with Crippen LogP contribution in [0.1, 0.15) is 11.1 Å². The third-order valence-corrected chi connectivity index (χ3v) is 4.48. The third kappa shape index (κ3) is 6.94. The Morgan fingerprint density at radius 1 is 1.13 bits per heavy atom. The maximum atomic E-state index is 12.6. The Hall–Kier alpha value is -2.21. The molecule has 0 bridgehead atoms. The van der Waals surface area contributed by atoms with Gasteiger partial charge in [0.2, 0.25) is 0 Å². The number of halogens is 3. The number of rotatable bonds is 7. The topological polar surface area (TPSA) is 71.0 Å². The summed E-state index contributed by atoms with van der Waals surface area (Å²) in [6.45, 7) is 0.939. The highest BCUT2D eigenvalue weighted by atomic mass is 127. The number of aromatic nitrogens is 1. The molecule has 2 aromatic rings. The van der Waals surface area contributed by atoms with Gasteiger partial charge in [0, 0.05) is 50.6 Å². The molecule has 30 heavy (non-hydrogen) atoms. The molecule has 0 spiro atoms. The van der Waals surface area contributed by atoms with E-state index in [1.165, 1.54) is 6.07 Å². The van der Waals surface area contributed by atoms with Crippen molar-refractivity contribution in [1.82, 2.24) is 15.6 Å². The monoisotopic (exact) mass is 533 g/mol. The lowest BCUT2D eigenvalue weighted by Crippen LogP contribution is -2.39. The molecule has 1 aromatic heterocycles. The molecule has 0 saturated carbocycles. The molecule has 1 aliphatic heterocycles. The zero-order chi connectivity index (χ0) is 20.5. The molecule has 164 valence electrons. The van der Waals surface area contributed by atoms with Gasteiger partial charge < -0.3 is 25.0 Å². The first kappa shape index (κ1) is 24.1. The van der Waals surface area contributed by atoms with E-state index in [0.717, 1.165) is 24.5 Å². The number of nitrogens with zero attached hydrogens (tertiary/aromatic N) is 3. The van der Waals surface area contributed by atoms with Crippen LogP contribution in [0, 0.1) is 0 Å². The van der Waals surface area contributed by atoms with E-state index < -0.39 is 6.61 Å². The zero-order valence-electron chi connectivity index (χ0n) is 16.7.